The average Bonchev–Trinajstić information content (AvgIpc) is 2.80. The number of rotatable bonds is 1. The van der Waals surface area contributed by atoms with Crippen LogP contribution >= 0.6 is 0 Å². The number of allylic oxidation sites excluding steroid dienone is 4. The van der Waals surface area contributed by atoms with E-state index in [1.807, 2.05) is 6.08 Å². The molecule has 6 atom stereocenters. The number of ketones is 1. The first-order chi connectivity index (χ1) is 10.8. The first-order valence-electron chi connectivity index (χ1n) is 9.03. The van der Waals surface area contributed by atoms with E-state index in [2.05, 4.69) is 19.9 Å². The van der Waals surface area contributed by atoms with Crippen LogP contribution in [0.15, 0.2) is 23.8 Å². The van der Waals surface area contributed by atoms with Crippen molar-refractivity contribution in [3.63, 3.8) is 0 Å². The molecule has 0 aliphatic heterocycles. The molecule has 3 nitrogen and oxygen atoms in total. The van der Waals surface area contributed by atoms with Crippen molar-refractivity contribution in [2.45, 2.75) is 57.9 Å². The summed E-state index contributed by atoms with van der Waals surface area (Å²) in [7, 11) is 0. The Morgan fingerprint density at radius 3 is 2.65 bits per heavy atom. The van der Waals surface area contributed by atoms with Gasteiger partial charge in [-0.2, -0.15) is 0 Å². The van der Waals surface area contributed by atoms with Crippen LogP contribution in [0.2, 0.25) is 0 Å². The van der Waals surface area contributed by atoms with Gasteiger partial charge in [0.2, 0.25) is 0 Å². The van der Waals surface area contributed by atoms with Crippen molar-refractivity contribution in [3.05, 3.63) is 23.8 Å². The molecule has 0 radical (unpaired) electrons. The van der Waals surface area contributed by atoms with Crippen molar-refractivity contribution in [1.29, 1.82) is 0 Å². The SMILES string of the molecule is CC12C=CC(=O)C=C1CCC1C2CCC2(C)C1CC[C@]2(N)C=O. The fraction of sp³-hybridized carbons (Fsp3) is 0.700. The molecule has 124 valence electrons. The third-order valence-corrected chi connectivity index (χ3v) is 8.09. The highest BCUT2D eigenvalue weighted by Crippen LogP contribution is 2.66. The minimum Gasteiger partial charge on any atom is -0.319 e. The van der Waals surface area contributed by atoms with Gasteiger partial charge >= 0.3 is 0 Å². The Hall–Kier alpha value is -1.22. The summed E-state index contributed by atoms with van der Waals surface area (Å²) in [5, 5.41) is 0. The van der Waals surface area contributed by atoms with E-state index in [-0.39, 0.29) is 16.6 Å². The zero-order valence-corrected chi connectivity index (χ0v) is 14.2. The molecule has 0 spiro atoms. The maximum absolute atomic E-state index is 11.8. The Bertz CT molecular complexity index is 636. The Balaban J connectivity index is 1.71. The largest absolute Gasteiger partial charge is 0.319 e. The minimum absolute atomic E-state index is 0.0270. The highest BCUT2D eigenvalue weighted by Gasteiger charge is 2.62. The standard InChI is InChI=1S/C20H27NO2/c1-18-8-5-14(23)11-13(18)3-4-15-16(18)6-9-19(2)17(15)7-10-20(19,21)12-22/h5,8,11-12,15-17H,3-4,6-7,9-10,21H2,1-2H3/t15?,16?,17?,18?,19?,20-/m0/s1. The Morgan fingerprint density at radius 2 is 1.91 bits per heavy atom. The highest BCUT2D eigenvalue weighted by atomic mass is 16.1. The summed E-state index contributed by atoms with van der Waals surface area (Å²) in [6.07, 6.45) is 13.0. The molecule has 0 heterocycles. The summed E-state index contributed by atoms with van der Waals surface area (Å²) < 4.78 is 0. The van der Waals surface area contributed by atoms with Crippen molar-refractivity contribution in [2.75, 3.05) is 0 Å². The number of aldehydes is 1. The molecule has 3 heteroatoms. The lowest BCUT2D eigenvalue weighted by atomic mass is 9.47. The van der Waals surface area contributed by atoms with E-state index in [1.165, 1.54) is 5.57 Å². The highest BCUT2D eigenvalue weighted by molar-refractivity contribution is 6.01. The molecular weight excluding hydrogens is 286 g/mol. The van der Waals surface area contributed by atoms with Crippen LogP contribution in [0.5, 0.6) is 0 Å². The second-order valence-corrected chi connectivity index (χ2v) is 8.76. The molecule has 0 aromatic rings. The number of hydrogen-bond donors (Lipinski definition) is 1. The van der Waals surface area contributed by atoms with Crippen LogP contribution in [0.3, 0.4) is 0 Å². The molecule has 0 saturated heterocycles. The van der Waals surface area contributed by atoms with E-state index in [9.17, 15) is 9.59 Å². The van der Waals surface area contributed by atoms with Crippen molar-refractivity contribution < 1.29 is 9.59 Å². The smallest absolute Gasteiger partial charge is 0.178 e. The third-order valence-electron chi connectivity index (χ3n) is 8.09. The zero-order valence-electron chi connectivity index (χ0n) is 14.2. The quantitative estimate of drug-likeness (QED) is 0.756. The summed E-state index contributed by atoms with van der Waals surface area (Å²) in [5.41, 5.74) is 7.17. The molecule has 0 bridgehead atoms. The molecule has 0 amide bonds. The molecule has 4 aliphatic rings. The van der Waals surface area contributed by atoms with Crippen molar-refractivity contribution >= 4 is 12.1 Å². The number of hydrogen-bond acceptors (Lipinski definition) is 3. The molecule has 4 aliphatic carbocycles. The van der Waals surface area contributed by atoms with E-state index in [1.54, 1.807) is 6.08 Å². The van der Waals surface area contributed by atoms with E-state index in [0.29, 0.717) is 17.8 Å². The average molecular weight is 313 g/mol. The van der Waals surface area contributed by atoms with Crippen molar-refractivity contribution in [2.24, 2.45) is 34.3 Å². The van der Waals surface area contributed by atoms with Crippen molar-refractivity contribution in [3.8, 4) is 0 Å². The summed E-state index contributed by atoms with van der Waals surface area (Å²) in [6, 6.07) is 0. The predicted octanol–water partition coefficient (Wildman–Crippen LogP) is 3.19. The van der Waals surface area contributed by atoms with Gasteiger partial charge in [0.05, 0.1) is 5.54 Å². The van der Waals surface area contributed by atoms with E-state index in [4.69, 9.17) is 5.73 Å². The zero-order chi connectivity index (χ0) is 16.5. The second kappa shape index (κ2) is 4.66. The number of carbonyl (C=O) groups excluding carboxylic acids is 2. The van der Waals surface area contributed by atoms with Gasteiger partial charge in [-0.15, -0.1) is 0 Å². The number of fused-ring (bicyclic) bond motifs is 5. The summed E-state index contributed by atoms with van der Waals surface area (Å²) in [5.74, 6) is 1.89. The third kappa shape index (κ3) is 1.80. The van der Waals surface area contributed by atoms with Gasteiger partial charge in [-0.05, 0) is 73.8 Å². The van der Waals surface area contributed by atoms with Crippen LogP contribution in [0.1, 0.15) is 52.4 Å². The van der Waals surface area contributed by atoms with Crippen LogP contribution in [0, 0.1) is 28.6 Å². The normalized spacial score (nSPS) is 51.5. The molecule has 0 aromatic carbocycles. The Labute approximate surface area is 138 Å². The van der Waals surface area contributed by atoms with Crippen LogP contribution in [0.25, 0.3) is 0 Å². The fourth-order valence-corrected chi connectivity index (χ4v) is 6.50. The Morgan fingerprint density at radius 1 is 1.17 bits per heavy atom. The molecule has 4 rings (SSSR count). The number of carbonyl (C=O) groups is 2. The van der Waals surface area contributed by atoms with Crippen LogP contribution in [-0.4, -0.2) is 17.6 Å². The predicted molar refractivity (Wildman–Crippen MR) is 89.6 cm³/mol. The molecule has 3 fully saturated rings. The van der Waals surface area contributed by atoms with Gasteiger partial charge in [0.15, 0.2) is 5.78 Å². The first kappa shape index (κ1) is 15.3. The van der Waals surface area contributed by atoms with Crippen LogP contribution in [-0.2, 0) is 9.59 Å². The van der Waals surface area contributed by atoms with Crippen molar-refractivity contribution in [1.82, 2.24) is 0 Å². The minimum atomic E-state index is -0.641. The van der Waals surface area contributed by atoms with Gasteiger partial charge in [-0.25, -0.2) is 0 Å². The van der Waals surface area contributed by atoms with Gasteiger partial charge in [0.1, 0.15) is 6.29 Å². The van der Waals surface area contributed by atoms with Gasteiger partial charge in [0.25, 0.3) is 0 Å². The molecule has 5 unspecified atom stereocenters. The van der Waals surface area contributed by atoms with Gasteiger partial charge in [-0.1, -0.05) is 25.5 Å². The molecule has 0 aromatic heterocycles. The van der Waals surface area contributed by atoms with Gasteiger partial charge < -0.3 is 10.5 Å². The summed E-state index contributed by atoms with van der Waals surface area (Å²) >= 11 is 0. The maximum Gasteiger partial charge on any atom is 0.178 e. The van der Waals surface area contributed by atoms with E-state index >= 15 is 0 Å². The lowest BCUT2D eigenvalue weighted by Crippen LogP contribution is -2.58. The maximum atomic E-state index is 11.8. The summed E-state index contributed by atoms with van der Waals surface area (Å²) in [6.45, 7) is 4.56. The van der Waals surface area contributed by atoms with Crippen LogP contribution < -0.4 is 5.73 Å². The fourth-order valence-electron chi connectivity index (χ4n) is 6.50. The number of nitrogens with two attached hydrogens (primary N) is 1. The molecule has 2 N–H and O–H groups in total. The van der Waals surface area contributed by atoms with Gasteiger partial charge in [-0.3, -0.25) is 4.79 Å². The van der Waals surface area contributed by atoms with E-state index in [0.717, 1.165) is 44.8 Å². The second-order valence-electron chi connectivity index (χ2n) is 8.76. The van der Waals surface area contributed by atoms with E-state index < -0.39 is 5.54 Å². The molecular formula is C20H27NO2. The van der Waals surface area contributed by atoms with Gasteiger partial charge in [0, 0.05) is 5.41 Å². The topological polar surface area (TPSA) is 60.2 Å². The first-order valence-corrected chi connectivity index (χ1v) is 9.03. The lowest BCUT2D eigenvalue weighted by Gasteiger charge is -2.57. The van der Waals surface area contributed by atoms with Crippen LogP contribution in [0.4, 0.5) is 0 Å². The summed E-state index contributed by atoms with van der Waals surface area (Å²) in [4.78, 5) is 23.5. The monoisotopic (exact) mass is 313 g/mol. The Kier molecular flexibility index (Phi) is 3.10. The molecule has 23 heavy (non-hydrogen) atoms. The molecule has 3 saturated carbocycles. The lowest BCUT2D eigenvalue weighted by molar-refractivity contribution is -0.120.